The predicted octanol–water partition coefficient (Wildman–Crippen LogP) is 0.512. The number of nitrogens with zero attached hydrogens (tertiary/aromatic N) is 4. The first-order valence-corrected chi connectivity index (χ1v) is 10.4. The Morgan fingerprint density at radius 3 is 2.82 bits per heavy atom. The van der Waals surface area contributed by atoms with E-state index >= 15 is 0 Å². The molecule has 1 saturated heterocycles. The number of piperazine rings is 1. The average molecular weight is 392 g/mol. The Bertz CT molecular complexity index is 656. The van der Waals surface area contributed by atoms with E-state index in [4.69, 9.17) is 0 Å². The zero-order chi connectivity index (χ0) is 19.9. The van der Waals surface area contributed by atoms with Gasteiger partial charge in [-0.05, 0) is 18.8 Å². The van der Waals surface area contributed by atoms with Crippen LogP contribution >= 0.6 is 0 Å². The summed E-state index contributed by atoms with van der Waals surface area (Å²) < 4.78 is 1.86. The summed E-state index contributed by atoms with van der Waals surface area (Å²) in [6.45, 7) is 2.79. The molecule has 0 radical (unpaired) electrons. The van der Waals surface area contributed by atoms with Crippen molar-refractivity contribution in [3.8, 4) is 0 Å². The van der Waals surface area contributed by atoms with Gasteiger partial charge in [0.05, 0.1) is 25.6 Å². The number of aliphatic hydroxyl groups excluding tert-OH is 1. The van der Waals surface area contributed by atoms with Crippen LogP contribution in [0, 0.1) is 5.92 Å². The van der Waals surface area contributed by atoms with Crippen molar-refractivity contribution in [1.82, 2.24) is 24.7 Å². The maximum Gasteiger partial charge on any atom is 0.237 e. The number of hydrogen-bond donors (Lipinski definition) is 2. The second-order valence-corrected chi connectivity index (χ2v) is 8.00. The van der Waals surface area contributed by atoms with E-state index in [1.807, 2.05) is 17.8 Å². The highest BCUT2D eigenvalue weighted by molar-refractivity contribution is 5.88. The normalized spacial score (nSPS) is 21.5. The number of aliphatic hydroxyl groups is 1. The molecule has 1 aromatic rings. The summed E-state index contributed by atoms with van der Waals surface area (Å²) in [6.07, 6.45) is 9.94. The van der Waals surface area contributed by atoms with E-state index in [9.17, 15) is 14.7 Å². The molecule has 0 spiro atoms. The van der Waals surface area contributed by atoms with Crippen LogP contribution in [0.4, 0.5) is 0 Å². The Kier molecular flexibility index (Phi) is 7.44. The fourth-order valence-electron chi connectivity index (χ4n) is 4.33. The number of aromatic nitrogens is 2. The van der Waals surface area contributed by atoms with Crippen LogP contribution in [0.3, 0.4) is 0 Å². The van der Waals surface area contributed by atoms with Gasteiger partial charge in [0, 0.05) is 45.6 Å². The van der Waals surface area contributed by atoms with E-state index in [0.29, 0.717) is 19.0 Å². The van der Waals surface area contributed by atoms with Crippen LogP contribution in [0.15, 0.2) is 12.4 Å². The van der Waals surface area contributed by atoms with Gasteiger partial charge in [0.25, 0.3) is 0 Å². The first kappa shape index (κ1) is 20.8. The van der Waals surface area contributed by atoms with E-state index < -0.39 is 6.04 Å². The number of hydrogen-bond acceptors (Lipinski definition) is 5. The van der Waals surface area contributed by atoms with Crippen molar-refractivity contribution in [2.75, 3.05) is 32.8 Å². The van der Waals surface area contributed by atoms with E-state index in [1.54, 1.807) is 11.1 Å². The number of imidazole rings is 1. The van der Waals surface area contributed by atoms with Crippen LogP contribution in [-0.2, 0) is 23.2 Å². The molecule has 28 heavy (non-hydrogen) atoms. The molecule has 8 nitrogen and oxygen atoms in total. The molecule has 2 amide bonds. The minimum atomic E-state index is -0.425. The Balaban J connectivity index is 1.64. The largest absolute Gasteiger partial charge is 0.395 e. The quantitative estimate of drug-likeness (QED) is 0.674. The van der Waals surface area contributed by atoms with E-state index in [2.05, 4.69) is 15.2 Å². The molecule has 1 saturated carbocycles. The van der Waals surface area contributed by atoms with Gasteiger partial charge in [0.15, 0.2) is 0 Å². The SMILES string of the molecule is Cn1ccnc1CN(CCO)C(=O)CC1C(=O)NCCN1CC1CCCCC1. The van der Waals surface area contributed by atoms with Crippen molar-refractivity contribution in [2.45, 2.75) is 51.1 Å². The molecule has 3 rings (SSSR count). The third-order valence-corrected chi connectivity index (χ3v) is 6.00. The third-order valence-electron chi connectivity index (χ3n) is 6.00. The molecule has 2 N–H and O–H groups in total. The molecule has 1 aliphatic carbocycles. The fraction of sp³-hybridized carbons (Fsp3) is 0.750. The molecule has 2 aliphatic rings. The molecule has 0 aromatic carbocycles. The number of carbonyl (C=O) groups excluding carboxylic acids is 2. The molecule has 1 aliphatic heterocycles. The van der Waals surface area contributed by atoms with E-state index in [1.165, 1.54) is 32.1 Å². The Morgan fingerprint density at radius 1 is 1.36 bits per heavy atom. The van der Waals surface area contributed by atoms with Gasteiger partial charge in [0.2, 0.25) is 11.8 Å². The van der Waals surface area contributed by atoms with E-state index in [0.717, 1.165) is 18.9 Å². The monoisotopic (exact) mass is 391 g/mol. The third kappa shape index (κ3) is 5.32. The van der Waals surface area contributed by atoms with Crippen LogP contribution in [0.1, 0.15) is 44.3 Å². The van der Waals surface area contributed by atoms with Gasteiger partial charge in [-0.15, -0.1) is 0 Å². The lowest BCUT2D eigenvalue weighted by atomic mass is 9.88. The molecule has 8 heteroatoms. The number of rotatable bonds is 8. The van der Waals surface area contributed by atoms with Gasteiger partial charge < -0.3 is 19.9 Å². The molecule has 156 valence electrons. The summed E-state index contributed by atoms with van der Waals surface area (Å²) >= 11 is 0. The summed E-state index contributed by atoms with van der Waals surface area (Å²) in [4.78, 5) is 33.6. The van der Waals surface area contributed by atoms with Gasteiger partial charge in [0.1, 0.15) is 5.82 Å². The summed E-state index contributed by atoms with van der Waals surface area (Å²) in [5.74, 6) is 1.21. The van der Waals surface area contributed by atoms with Crippen LogP contribution in [0.5, 0.6) is 0 Å². The lowest BCUT2D eigenvalue weighted by molar-refractivity contribution is -0.140. The molecule has 0 bridgehead atoms. The highest BCUT2D eigenvalue weighted by Crippen LogP contribution is 2.26. The van der Waals surface area contributed by atoms with Gasteiger partial charge in [-0.3, -0.25) is 14.5 Å². The minimum Gasteiger partial charge on any atom is -0.395 e. The molecule has 1 unspecified atom stereocenters. The number of amides is 2. The zero-order valence-electron chi connectivity index (χ0n) is 16.8. The maximum atomic E-state index is 13.0. The molecular formula is C20H33N5O3. The summed E-state index contributed by atoms with van der Waals surface area (Å²) in [7, 11) is 1.88. The van der Waals surface area contributed by atoms with Gasteiger partial charge in [-0.2, -0.15) is 0 Å². The summed E-state index contributed by atoms with van der Waals surface area (Å²) in [6, 6.07) is -0.425. The van der Waals surface area contributed by atoms with Crippen molar-refractivity contribution in [3.63, 3.8) is 0 Å². The Morgan fingerprint density at radius 2 is 2.14 bits per heavy atom. The summed E-state index contributed by atoms with van der Waals surface area (Å²) in [5, 5.41) is 12.3. The second kappa shape index (κ2) is 10.0. The highest BCUT2D eigenvalue weighted by Gasteiger charge is 2.34. The Labute approximate surface area is 166 Å². The van der Waals surface area contributed by atoms with Crippen molar-refractivity contribution in [3.05, 3.63) is 18.2 Å². The molecule has 1 atom stereocenters. The Hall–Kier alpha value is -1.93. The van der Waals surface area contributed by atoms with Gasteiger partial charge in [-0.1, -0.05) is 19.3 Å². The first-order valence-electron chi connectivity index (χ1n) is 10.4. The fourth-order valence-corrected chi connectivity index (χ4v) is 4.33. The standard InChI is InChI=1S/C20H33N5O3/c1-23-9-7-21-18(23)15-25(11-12-26)19(27)13-17-20(28)22-8-10-24(17)14-16-5-3-2-4-6-16/h7,9,16-17,26H,2-6,8,10-15H2,1H3,(H,22,28). The van der Waals surface area contributed by atoms with Crippen LogP contribution in [0.25, 0.3) is 0 Å². The van der Waals surface area contributed by atoms with Crippen LogP contribution in [-0.4, -0.2) is 75.1 Å². The van der Waals surface area contributed by atoms with Crippen molar-refractivity contribution in [2.24, 2.45) is 13.0 Å². The van der Waals surface area contributed by atoms with Crippen LogP contribution < -0.4 is 5.32 Å². The molecule has 2 fully saturated rings. The van der Waals surface area contributed by atoms with Crippen molar-refractivity contribution in [1.29, 1.82) is 0 Å². The summed E-state index contributed by atoms with van der Waals surface area (Å²) in [5.41, 5.74) is 0. The highest BCUT2D eigenvalue weighted by atomic mass is 16.3. The minimum absolute atomic E-state index is 0.0589. The molecule has 2 heterocycles. The lowest BCUT2D eigenvalue weighted by Crippen LogP contribution is -2.57. The average Bonchev–Trinajstić information content (AvgIpc) is 3.09. The topological polar surface area (TPSA) is 90.7 Å². The zero-order valence-corrected chi connectivity index (χ0v) is 16.8. The second-order valence-electron chi connectivity index (χ2n) is 8.00. The van der Waals surface area contributed by atoms with E-state index in [-0.39, 0.29) is 31.4 Å². The molecule has 1 aromatic heterocycles. The number of nitrogens with one attached hydrogen (secondary N) is 1. The van der Waals surface area contributed by atoms with Crippen molar-refractivity contribution < 1.29 is 14.7 Å². The lowest BCUT2D eigenvalue weighted by Gasteiger charge is -2.38. The predicted molar refractivity (Wildman–Crippen MR) is 105 cm³/mol. The van der Waals surface area contributed by atoms with Crippen LogP contribution in [0.2, 0.25) is 0 Å². The van der Waals surface area contributed by atoms with Gasteiger partial charge >= 0.3 is 0 Å². The first-order chi connectivity index (χ1) is 13.6. The smallest absolute Gasteiger partial charge is 0.237 e. The molecular weight excluding hydrogens is 358 g/mol. The number of aryl methyl sites for hydroxylation is 1. The van der Waals surface area contributed by atoms with Crippen molar-refractivity contribution >= 4 is 11.8 Å². The van der Waals surface area contributed by atoms with Gasteiger partial charge in [-0.25, -0.2) is 4.98 Å². The number of carbonyl (C=O) groups is 2. The maximum absolute atomic E-state index is 13.0.